The quantitative estimate of drug-likeness (QED) is 0.706. The third kappa shape index (κ3) is 1.49. The topological polar surface area (TPSA) is 34.9 Å². The smallest absolute Gasteiger partial charge is 0.161 e. The molecule has 0 bridgehead atoms. The van der Waals surface area contributed by atoms with E-state index >= 15 is 0 Å². The van der Waals surface area contributed by atoms with Crippen molar-refractivity contribution in [3.8, 4) is 0 Å². The molecule has 2 aromatic heterocycles. The highest BCUT2D eigenvalue weighted by Crippen LogP contribution is 2.29. The number of ketones is 1. The van der Waals surface area contributed by atoms with Crippen molar-refractivity contribution in [2.75, 3.05) is 0 Å². The van der Waals surface area contributed by atoms with Crippen molar-refractivity contribution in [3.05, 3.63) is 28.2 Å². The molecule has 3 heteroatoms. The van der Waals surface area contributed by atoms with Gasteiger partial charge in [-0.1, -0.05) is 0 Å². The first-order chi connectivity index (χ1) is 7.86. The zero-order valence-electron chi connectivity index (χ0n) is 11.3. The molecule has 0 aliphatic carbocycles. The van der Waals surface area contributed by atoms with Crippen LogP contribution >= 0.6 is 0 Å². The summed E-state index contributed by atoms with van der Waals surface area (Å²) in [5, 5.41) is 1.13. The normalized spacial score (nSPS) is 11.2. The van der Waals surface area contributed by atoms with Crippen molar-refractivity contribution < 1.29 is 4.79 Å². The third-order valence-corrected chi connectivity index (χ3v) is 3.69. The maximum Gasteiger partial charge on any atom is 0.161 e. The molecule has 0 aromatic carbocycles. The molecule has 3 nitrogen and oxygen atoms in total. The van der Waals surface area contributed by atoms with E-state index in [4.69, 9.17) is 0 Å². The molecular formula is C14H18N2O. The van der Waals surface area contributed by atoms with Crippen LogP contribution in [0.15, 0.2) is 0 Å². The zero-order valence-corrected chi connectivity index (χ0v) is 11.3. The third-order valence-electron chi connectivity index (χ3n) is 3.69. The molecule has 0 spiro atoms. The second-order valence-electron chi connectivity index (χ2n) is 4.71. The second kappa shape index (κ2) is 3.69. The van der Waals surface area contributed by atoms with Gasteiger partial charge < -0.3 is 4.57 Å². The fourth-order valence-corrected chi connectivity index (χ4v) is 2.65. The summed E-state index contributed by atoms with van der Waals surface area (Å²) in [5.41, 5.74) is 6.00. The molecule has 2 heterocycles. The lowest BCUT2D eigenvalue weighted by atomic mass is 10.00. The fourth-order valence-electron chi connectivity index (χ4n) is 2.65. The number of aryl methyl sites for hydroxylation is 4. The van der Waals surface area contributed by atoms with Crippen LogP contribution < -0.4 is 0 Å². The van der Waals surface area contributed by atoms with Crippen molar-refractivity contribution in [3.63, 3.8) is 0 Å². The van der Waals surface area contributed by atoms with E-state index in [9.17, 15) is 4.79 Å². The Kier molecular flexibility index (Phi) is 2.57. The summed E-state index contributed by atoms with van der Waals surface area (Å²) in [6.07, 6.45) is 0. The molecule has 2 aromatic rings. The van der Waals surface area contributed by atoms with E-state index in [-0.39, 0.29) is 5.78 Å². The summed E-state index contributed by atoms with van der Waals surface area (Å²) >= 11 is 0. The van der Waals surface area contributed by atoms with E-state index in [0.717, 1.165) is 33.4 Å². The van der Waals surface area contributed by atoms with Gasteiger partial charge in [0.05, 0.1) is 5.52 Å². The van der Waals surface area contributed by atoms with Crippen LogP contribution in [0.25, 0.3) is 10.9 Å². The first kappa shape index (κ1) is 11.8. The number of carbonyl (C=O) groups excluding carboxylic acids is 1. The summed E-state index contributed by atoms with van der Waals surface area (Å²) in [4.78, 5) is 16.3. The van der Waals surface area contributed by atoms with Crippen LogP contribution in [-0.4, -0.2) is 15.3 Å². The maximum atomic E-state index is 11.7. The average Bonchev–Trinajstić information content (AvgIpc) is 2.43. The summed E-state index contributed by atoms with van der Waals surface area (Å²) in [6, 6.07) is 0. The van der Waals surface area contributed by atoms with Gasteiger partial charge in [-0.25, -0.2) is 0 Å². The van der Waals surface area contributed by atoms with Crippen molar-refractivity contribution >= 4 is 16.7 Å². The van der Waals surface area contributed by atoms with E-state index < -0.39 is 0 Å². The Labute approximate surface area is 101 Å². The van der Waals surface area contributed by atoms with Crippen molar-refractivity contribution in [2.45, 2.75) is 34.6 Å². The van der Waals surface area contributed by atoms with Crippen LogP contribution in [0.3, 0.4) is 0 Å². The highest BCUT2D eigenvalue weighted by Gasteiger charge is 2.18. The zero-order chi connectivity index (χ0) is 12.9. The molecule has 0 aliphatic rings. The first-order valence-corrected chi connectivity index (χ1v) is 5.80. The number of nitrogens with zero attached hydrogens (tertiary/aromatic N) is 2. The first-order valence-electron chi connectivity index (χ1n) is 5.80. The van der Waals surface area contributed by atoms with E-state index in [0.29, 0.717) is 0 Å². The van der Waals surface area contributed by atoms with Crippen LogP contribution in [0.5, 0.6) is 0 Å². The van der Waals surface area contributed by atoms with Gasteiger partial charge in [-0.15, -0.1) is 0 Å². The molecule has 0 N–H and O–H groups in total. The highest BCUT2D eigenvalue weighted by atomic mass is 16.1. The Balaban J connectivity index is 3.03. The van der Waals surface area contributed by atoms with E-state index in [2.05, 4.69) is 23.4 Å². The number of hydrogen-bond acceptors (Lipinski definition) is 2. The van der Waals surface area contributed by atoms with Crippen molar-refractivity contribution in [1.82, 2.24) is 9.55 Å². The molecule has 0 radical (unpaired) electrons. The van der Waals surface area contributed by atoms with E-state index in [1.165, 1.54) is 5.69 Å². The van der Waals surface area contributed by atoms with Crippen LogP contribution in [-0.2, 0) is 7.05 Å². The predicted octanol–water partition coefficient (Wildman–Crippen LogP) is 3.01. The minimum Gasteiger partial charge on any atom is -0.350 e. The second-order valence-corrected chi connectivity index (χ2v) is 4.71. The molecule has 0 amide bonds. The van der Waals surface area contributed by atoms with Crippen LogP contribution in [0.2, 0.25) is 0 Å². The van der Waals surface area contributed by atoms with Gasteiger partial charge in [-0.2, -0.15) is 0 Å². The number of Topliss-reactive ketones (excluding diaryl/α,β-unsaturated/α-hetero) is 1. The number of rotatable bonds is 1. The SMILES string of the molecule is CC(=O)c1c(C)nc2c(C)n(C)c(C)c2c1C. The molecular weight excluding hydrogens is 212 g/mol. The van der Waals surface area contributed by atoms with Crippen LogP contribution in [0.1, 0.15) is 39.9 Å². The maximum absolute atomic E-state index is 11.7. The Hall–Kier alpha value is -1.64. The molecule has 0 fully saturated rings. The van der Waals surface area contributed by atoms with Gasteiger partial charge in [-0.3, -0.25) is 9.78 Å². The largest absolute Gasteiger partial charge is 0.350 e. The standard InChI is InChI=1S/C14H18N2O/c1-7-12(11(5)17)8(2)15-14-10(4)16(6)9(3)13(7)14/h1-6H3. The predicted molar refractivity (Wildman–Crippen MR) is 69.7 cm³/mol. The molecule has 0 aliphatic heterocycles. The molecule has 2 rings (SSSR count). The minimum absolute atomic E-state index is 0.0929. The Bertz CT molecular complexity index is 636. The number of carbonyl (C=O) groups is 1. The number of aromatic nitrogens is 2. The van der Waals surface area contributed by atoms with Gasteiger partial charge in [0.25, 0.3) is 0 Å². The summed E-state index contributed by atoms with van der Waals surface area (Å²) in [7, 11) is 2.04. The van der Waals surface area contributed by atoms with Gasteiger partial charge in [0, 0.05) is 35.1 Å². The summed E-state index contributed by atoms with van der Waals surface area (Å²) in [5.74, 6) is 0.0929. The molecule has 0 atom stereocenters. The Morgan fingerprint density at radius 1 is 1.12 bits per heavy atom. The van der Waals surface area contributed by atoms with Gasteiger partial charge in [0.2, 0.25) is 0 Å². The van der Waals surface area contributed by atoms with Crippen molar-refractivity contribution in [1.29, 1.82) is 0 Å². The average molecular weight is 230 g/mol. The van der Waals surface area contributed by atoms with E-state index in [1.54, 1.807) is 6.92 Å². The highest BCUT2D eigenvalue weighted by molar-refractivity contribution is 6.02. The van der Waals surface area contributed by atoms with E-state index in [1.807, 2.05) is 20.9 Å². The molecule has 17 heavy (non-hydrogen) atoms. The number of fused-ring (bicyclic) bond motifs is 1. The monoisotopic (exact) mass is 230 g/mol. The van der Waals surface area contributed by atoms with Crippen LogP contribution in [0.4, 0.5) is 0 Å². The summed E-state index contributed by atoms with van der Waals surface area (Å²) < 4.78 is 2.13. The minimum atomic E-state index is 0.0929. The molecule has 0 saturated heterocycles. The molecule has 0 saturated carbocycles. The van der Waals surface area contributed by atoms with Gasteiger partial charge in [0.1, 0.15) is 0 Å². The fraction of sp³-hybridized carbons (Fsp3) is 0.429. The Morgan fingerprint density at radius 2 is 1.71 bits per heavy atom. The number of hydrogen-bond donors (Lipinski definition) is 0. The van der Waals surface area contributed by atoms with Gasteiger partial charge in [0.15, 0.2) is 5.78 Å². The Morgan fingerprint density at radius 3 is 2.24 bits per heavy atom. The lowest BCUT2D eigenvalue weighted by Gasteiger charge is -2.08. The molecule has 0 unspecified atom stereocenters. The van der Waals surface area contributed by atoms with Crippen molar-refractivity contribution in [2.24, 2.45) is 7.05 Å². The molecule has 90 valence electrons. The van der Waals surface area contributed by atoms with Gasteiger partial charge in [-0.05, 0) is 40.2 Å². The lowest BCUT2D eigenvalue weighted by Crippen LogP contribution is -2.03. The van der Waals surface area contributed by atoms with Gasteiger partial charge >= 0.3 is 0 Å². The number of pyridine rings is 1. The van der Waals surface area contributed by atoms with Crippen LogP contribution in [0, 0.1) is 27.7 Å². The lowest BCUT2D eigenvalue weighted by molar-refractivity contribution is 0.101. The summed E-state index contributed by atoms with van der Waals surface area (Å²) in [6.45, 7) is 9.66.